The second kappa shape index (κ2) is 8.76. The third kappa shape index (κ3) is 4.97. The minimum absolute atomic E-state index is 0. The zero-order chi connectivity index (χ0) is 14.4. The fraction of sp³-hybridized carbons (Fsp3) is 0.562. The number of carbonyl (C=O) groups is 1. The lowest BCUT2D eigenvalue weighted by atomic mass is 9.79. The van der Waals surface area contributed by atoms with Crippen LogP contribution in [0.4, 0.5) is 0 Å². The molecule has 21 heavy (non-hydrogen) atoms. The molecule has 1 aromatic carbocycles. The Bertz CT molecular complexity index is 444. The summed E-state index contributed by atoms with van der Waals surface area (Å²) in [6, 6.07) is 8.54. The van der Waals surface area contributed by atoms with Crippen molar-refractivity contribution < 1.29 is 4.79 Å². The van der Waals surface area contributed by atoms with Crippen LogP contribution in [0.3, 0.4) is 0 Å². The van der Waals surface area contributed by atoms with Gasteiger partial charge in [0.25, 0.3) is 0 Å². The lowest BCUT2D eigenvalue weighted by Crippen LogP contribution is -2.39. The van der Waals surface area contributed by atoms with Gasteiger partial charge in [-0.25, -0.2) is 0 Å². The van der Waals surface area contributed by atoms with E-state index in [4.69, 9.17) is 5.73 Å². The van der Waals surface area contributed by atoms with Crippen LogP contribution in [0.2, 0.25) is 0 Å². The Morgan fingerprint density at radius 1 is 1.24 bits per heavy atom. The van der Waals surface area contributed by atoms with Crippen LogP contribution in [-0.4, -0.2) is 19.0 Å². The molecule has 0 radical (unpaired) electrons. The molecular weight excluding hydrogens is 352 g/mol. The van der Waals surface area contributed by atoms with E-state index in [1.165, 1.54) is 18.4 Å². The SMILES string of the molecule is Cl.NCCCC(=O)NCC1(c2ccc(Br)cc2)CCCC1. The van der Waals surface area contributed by atoms with Crippen molar-refractivity contribution in [2.75, 3.05) is 13.1 Å². The first-order valence-corrected chi connectivity index (χ1v) is 8.18. The van der Waals surface area contributed by atoms with E-state index in [-0.39, 0.29) is 23.7 Å². The molecule has 1 aliphatic carbocycles. The molecule has 0 spiro atoms. The fourth-order valence-electron chi connectivity index (χ4n) is 3.04. The Labute approximate surface area is 141 Å². The van der Waals surface area contributed by atoms with Gasteiger partial charge in [-0.15, -0.1) is 12.4 Å². The van der Waals surface area contributed by atoms with E-state index >= 15 is 0 Å². The number of amides is 1. The number of benzene rings is 1. The molecule has 1 amide bonds. The smallest absolute Gasteiger partial charge is 0.220 e. The maximum absolute atomic E-state index is 11.8. The van der Waals surface area contributed by atoms with Crippen molar-refractivity contribution in [2.24, 2.45) is 5.73 Å². The standard InChI is InChI=1S/C16H23BrN2O.ClH/c17-14-7-5-13(6-8-14)16(9-1-2-10-16)12-19-15(20)4-3-11-18;/h5-8H,1-4,9-12,18H2,(H,19,20);1H. The highest BCUT2D eigenvalue weighted by Crippen LogP contribution is 2.40. The summed E-state index contributed by atoms with van der Waals surface area (Å²) in [6.45, 7) is 1.32. The number of hydrogen-bond donors (Lipinski definition) is 2. The quantitative estimate of drug-likeness (QED) is 0.799. The average Bonchev–Trinajstić information content (AvgIpc) is 2.93. The third-order valence-electron chi connectivity index (χ3n) is 4.25. The third-order valence-corrected chi connectivity index (χ3v) is 4.78. The highest BCUT2D eigenvalue weighted by atomic mass is 79.9. The normalized spacial score (nSPS) is 16.3. The van der Waals surface area contributed by atoms with Crippen LogP contribution in [0.15, 0.2) is 28.7 Å². The van der Waals surface area contributed by atoms with Gasteiger partial charge in [-0.2, -0.15) is 0 Å². The van der Waals surface area contributed by atoms with Crippen LogP contribution in [-0.2, 0) is 10.2 Å². The van der Waals surface area contributed by atoms with Gasteiger partial charge in [-0.3, -0.25) is 4.79 Å². The first-order valence-electron chi connectivity index (χ1n) is 7.39. The lowest BCUT2D eigenvalue weighted by molar-refractivity contribution is -0.121. The summed E-state index contributed by atoms with van der Waals surface area (Å²) in [7, 11) is 0. The number of rotatable bonds is 6. The van der Waals surface area contributed by atoms with Crippen LogP contribution in [0.1, 0.15) is 44.1 Å². The van der Waals surface area contributed by atoms with Crippen LogP contribution >= 0.6 is 28.3 Å². The Morgan fingerprint density at radius 3 is 2.43 bits per heavy atom. The number of carbonyl (C=O) groups excluding carboxylic acids is 1. The maximum atomic E-state index is 11.8. The molecule has 1 aliphatic rings. The van der Waals surface area contributed by atoms with Gasteiger partial charge in [0.15, 0.2) is 0 Å². The summed E-state index contributed by atoms with van der Waals surface area (Å²) in [6.07, 6.45) is 6.10. The molecule has 2 rings (SSSR count). The summed E-state index contributed by atoms with van der Waals surface area (Å²) in [4.78, 5) is 11.8. The van der Waals surface area contributed by atoms with Crippen molar-refractivity contribution in [1.29, 1.82) is 0 Å². The number of nitrogens with two attached hydrogens (primary N) is 1. The van der Waals surface area contributed by atoms with Gasteiger partial charge in [0.05, 0.1) is 0 Å². The zero-order valence-electron chi connectivity index (χ0n) is 12.2. The molecule has 0 unspecified atom stereocenters. The Balaban J connectivity index is 0.00000220. The van der Waals surface area contributed by atoms with Gasteiger partial charge in [-0.05, 0) is 43.5 Å². The highest BCUT2D eigenvalue weighted by Gasteiger charge is 2.35. The fourth-order valence-corrected chi connectivity index (χ4v) is 3.31. The zero-order valence-corrected chi connectivity index (χ0v) is 14.6. The van der Waals surface area contributed by atoms with Crippen molar-refractivity contribution in [3.63, 3.8) is 0 Å². The van der Waals surface area contributed by atoms with E-state index in [9.17, 15) is 4.79 Å². The molecule has 1 saturated carbocycles. The molecule has 0 aliphatic heterocycles. The molecule has 5 heteroatoms. The van der Waals surface area contributed by atoms with E-state index in [1.807, 2.05) is 0 Å². The van der Waals surface area contributed by atoms with Gasteiger partial charge in [0.1, 0.15) is 0 Å². The molecule has 3 nitrogen and oxygen atoms in total. The van der Waals surface area contributed by atoms with Gasteiger partial charge >= 0.3 is 0 Å². The van der Waals surface area contributed by atoms with Gasteiger partial charge in [-0.1, -0.05) is 40.9 Å². The lowest BCUT2D eigenvalue weighted by Gasteiger charge is -2.30. The number of nitrogens with one attached hydrogen (secondary N) is 1. The maximum Gasteiger partial charge on any atom is 0.220 e. The topological polar surface area (TPSA) is 55.1 Å². The summed E-state index contributed by atoms with van der Waals surface area (Å²) in [5.74, 6) is 0.124. The monoisotopic (exact) mass is 374 g/mol. The Morgan fingerprint density at radius 2 is 1.86 bits per heavy atom. The van der Waals surface area contributed by atoms with Crippen LogP contribution < -0.4 is 11.1 Å². The van der Waals surface area contributed by atoms with E-state index in [0.717, 1.165) is 30.3 Å². The predicted molar refractivity (Wildman–Crippen MR) is 92.8 cm³/mol. The second-order valence-corrected chi connectivity index (χ2v) is 6.58. The first-order chi connectivity index (χ1) is 9.66. The summed E-state index contributed by atoms with van der Waals surface area (Å²) in [5, 5.41) is 3.11. The summed E-state index contributed by atoms with van der Waals surface area (Å²) >= 11 is 3.48. The van der Waals surface area contributed by atoms with Crippen molar-refractivity contribution in [3.8, 4) is 0 Å². The van der Waals surface area contributed by atoms with Gasteiger partial charge < -0.3 is 11.1 Å². The number of hydrogen-bond acceptors (Lipinski definition) is 2. The first kappa shape index (κ1) is 18.5. The Kier molecular flexibility index (Phi) is 7.71. The summed E-state index contributed by atoms with van der Waals surface area (Å²) < 4.78 is 1.10. The van der Waals surface area contributed by atoms with Crippen LogP contribution in [0.25, 0.3) is 0 Å². The molecular formula is C16H24BrClN2O. The van der Waals surface area contributed by atoms with E-state index in [1.54, 1.807) is 0 Å². The molecule has 0 aromatic heterocycles. The van der Waals surface area contributed by atoms with Gasteiger partial charge in [0.2, 0.25) is 5.91 Å². The minimum Gasteiger partial charge on any atom is -0.355 e. The van der Waals surface area contributed by atoms with Gasteiger partial charge in [0, 0.05) is 22.9 Å². The van der Waals surface area contributed by atoms with Crippen molar-refractivity contribution in [3.05, 3.63) is 34.3 Å². The van der Waals surface area contributed by atoms with Crippen LogP contribution in [0, 0.1) is 0 Å². The number of halogens is 2. The molecule has 0 heterocycles. The molecule has 118 valence electrons. The molecule has 0 atom stereocenters. The van der Waals surface area contributed by atoms with E-state index in [2.05, 4.69) is 45.5 Å². The molecule has 0 bridgehead atoms. The summed E-state index contributed by atoms with van der Waals surface area (Å²) in [5.41, 5.74) is 6.91. The highest BCUT2D eigenvalue weighted by molar-refractivity contribution is 9.10. The predicted octanol–water partition coefficient (Wildman–Crippen LogP) is 3.54. The molecule has 1 fully saturated rings. The largest absolute Gasteiger partial charge is 0.355 e. The minimum atomic E-state index is 0. The van der Waals surface area contributed by atoms with E-state index in [0.29, 0.717) is 13.0 Å². The molecule has 3 N–H and O–H groups in total. The van der Waals surface area contributed by atoms with Crippen molar-refractivity contribution in [2.45, 2.75) is 43.9 Å². The molecule has 0 saturated heterocycles. The average molecular weight is 376 g/mol. The molecule has 1 aromatic rings. The van der Waals surface area contributed by atoms with Crippen molar-refractivity contribution in [1.82, 2.24) is 5.32 Å². The second-order valence-electron chi connectivity index (χ2n) is 5.66. The van der Waals surface area contributed by atoms with Crippen molar-refractivity contribution >= 4 is 34.2 Å². The Hall–Kier alpha value is -0.580. The van der Waals surface area contributed by atoms with Crippen LogP contribution in [0.5, 0.6) is 0 Å². The van der Waals surface area contributed by atoms with E-state index < -0.39 is 0 Å².